The second-order valence-corrected chi connectivity index (χ2v) is 7.06. The van der Waals surface area contributed by atoms with Gasteiger partial charge in [-0.1, -0.05) is 29.8 Å². The summed E-state index contributed by atoms with van der Waals surface area (Å²) in [6.07, 6.45) is 4.00. The quantitative estimate of drug-likeness (QED) is 0.707. The predicted octanol–water partition coefficient (Wildman–Crippen LogP) is 4.47. The first-order valence-corrected chi connectivity index (χ1v) is 9.28. The Morgan fingerprint density at radius 2 is 1.96 bits per heavy atom. The van der Waals surface area contributed by atoms with E-state index >= 15 is 0 Å². The molecule has 1 unspecified atom stereocenters. The average molecular weight is 395 g/mol. The number of ether oxygens (including phenoxy) is 1. The maximum Gasteiger partial charge on any atom is 0.258 e. The van der Waals surface area contributed by atoms with Gasteiger partial charge in [0, 0.05) is 29.1 Å². The number of benzene rings is 2. The number of halogens is 1. The highest BCUT2D eigenvalue weighted by Crippen LogP contribution is 2.36. The third-order valence-corrected chi connectivity index (χ3v) is 4.97. The minimum atomic E-state index is -0.331. The van der Waals surface area contributed by atoms with Gasteiger partial charge in [0.15, 0.2) is 0 Å². The molecule has 1 amide bonds. The lowest BCUT2D eigenvalue weighted by atomic mass is 10.1. The van der Waals surface area contributed by atoms with E-state index in [0.717, 1.165) is 12.1 Å². The van der Waals surface area contributed by atoms with Crippen molar-refractivity contribution in [2.75, 3.05) is 17.3 Å². The highest BCUT2D eigenvalue weighted by Gasteiger charge is 2.28. The Labute approximate surface area is 168 Å². The first-order valence-electron chi connectivity index (χ1n) is 8.91. The number of hydrogen-bond donors (Lipinski definition) is 1. The molecule has 0 fully saturated rings. The van der Waals surface area contributed by atoms with Crippen LogP contribution in [0.4, 0.5) is 17.3 Å². The molecule has 0 radical (unpaired) electrons. The van der Waals surface area contributed by atoms with Gasteiger partial charge in [-0.3, -0.25) is 4.79 Å². The summed E-state index contributed by atoms with van der Waals surface area (Å²) >= 11 is 6.01. The number of aromatic nitrogens is 2. The second-order valence-electron chi connectivity index (χ2n) is 6.62. The van der Waals surface area contributed by atoms with Crippen molar-refractivity contribution in [2.45, 2.75) is 19.4 Å². The topological polar surface area (TPSA) is 67.3 Å². The molecule has 0 saturated heterocycles. The standard InChI is InChI=1S/C21H19ClN4O2/c1-13-9-14-5-3-4-6-18(14)26(13)21-23-11-15(12-24-21)20(27)25-17-10-16(22)7-8-19(17)28-2/h3-8,10-13H,9H2,1-2H3,(H,25,27). The van der Waals surface area contributed by atoms with E-state index in [9.17, 15) is 4.79 Å². The number of carbonyl (C=O) groups is 1. The Kier molecular flexibility index (Phi) is 4.88. The average Bonchev–Trinajstić information content (AvgIpc) is 3.04. The van der Waals surface area contributed by atoms with Gasteiger partial charge in [-0.2, -0.15) is 0 Å². The number of fused-ring (bicyclic) bond motifs is 1. The fraction of sp³-hybridized carbons (Fsp3) is 0.190. The minimum absolute atomic E-state index is 0.257. The SMILES string of the molecule is COc1ccc(Cl)cc1NC(=O)c1cnc(N2c3ccccc3CC2C)nc1. The Morgan fingerprint density at radius 1 is 1.21 bits per heavy atom. The molecule has 0 spiro atoms. The molecular weight excluding hydrogens is 376 g/mol. The van der Waals surface area contributed by atoms with E-state index in [0.29, 0.717) is 28.0 Å². The van der Waals surface area contributed by atoms with Crippen molar-refractivity contribution in [3.63, 3.8) is 0 Å². The van der Waals surface area contributed by atoms with Crippen LogP contribution in [0, 0.1) is 0 Å². The van der Waals surface area contributed by atoms with Crippen molar-refractivity contribution < 1.29 is 9.53 Å². The third kappa shape index (κ3) is 3.39. The molecule has 1 atom stereocenters. The fourth-order valence-electron chi connectivity index (χ4n) is 3.41. The summed E-state index contributed by atoms with van der Waals surface area (Å²) in [7, 11) is 1.53. The highest BCUT2D eigenvalue weighted by molar-refractivity contribution is 6.31. The maximum absolute atomic E-state index is 12.6. The van der Waals surface area contributed by atoms with Crippen LogP contribution in [0.3, 0.4) is 0 Å². The van der Waals surface area contributed by atoms with Crippen LogP contribution in [0.1, 0.15) is 22.8 Å². The molecule has 1 N–H and O–H groups in total. The first kappa shape index (κ1) is 18.3. The Bertz CT molecular complexity index is 1020. The van der Waals surface area contributed by atoms with Crippen molar-refractivity contribution >= 4 is 34.8 Å². The van der Waals surface area contributed by atoms with E-state index < -0.39 is 0 Å². The van der Waals surface area contributed by atoms with Crippen LogP contribution in [0.5, 0.6) is 5.75 Å². The normalized spacial score (nSPS) is 15.2. The molecule has 1 aliphatic heterocycles. The van der Waals surface area contributed by atoms with Crippen molar-refractivity contribution in [2.24, 2.45) is 0 Å². The number of nitrogens with one attached hydrogen (secondary N) is 1. The smallest absolute Gasteiger partial charge is 0.258 e. The molecule has 7 heteroatoms. The summed E-state index contributed by atoms with van der Waals surface area (Å²) < 4.78 is 5.26. The lowest BCUT2D eigenvalue weighted by Crippen LogP contribution is -2.26. The number of methoxy groups -OCH3 is 1. The van der Waals surface area contributed by atoms with Crippen LogP contribution in [-0.4, -0.2) is 29.0 Å². The van der Waals surface area contributed by atoms with Gasteiger partial charge in [-0.15, -0.1) is 0 Å². The van der Waals surface area contributed by atoms with E-state index in [2.05, 4.69) is 39.2 Å². The second kappa shape index (κ2) is 7.48. The van der Waals surface area contributed by atoms with E-state index in [1.165, 1.54) is 25.1 Å². The van der Waals surface area contributed by atoms with Gasteiger partial charge in [0.1, 0.15) is 5.75 Å². The van der Waals surface area contributed by atoms with Gasteiger partial charge in [-0.05, 0) is 43.2 Å². The number of hydrogen-bond acceptors (Lipinski definition) is 5. The molecule has 0 bridgehead atoms. The van der Waals surface area contributed by atoms with Gasteiger partial charge in [-0.25, -0.2) is 9.97 Å². The highest BCUT2D eigenvalue weighted by atomic mass is 35.5. The fourth-order valence-corrected chi connectivity index (χ4v) is 3.58. The van der Waals surface area contributed by atoms with Crippen molar-refractivity contribution in [1.82, 2.24) is 9.97 Å². The largest absolute Gasteiger partial charge is 0.495 e. The zero-order valence-electron chi connectivity index (χ0n) is 15.5. The van der Waals surface area contributed by atoms with Crippen LogP contribution >= 0.6 is 11.6 Å². The molecule has 142 valence electrons. The molecule has 2 aromatic carbocycles. The minimum Gasteiger partial charge on any atom is -0.495 e. The van der Waals surface area contributed by atoms with Gasteiger partial charge in [0.05, 0.1) is 18.4 Å². The first-order chi connectivity index (χ1) is 13.6. The summed E-state index contributed by atoms with van der Waals surface area (Å²) in [5.41, 5.74) is 3.22. The number of nitrogens with zero attached hydrogens (tertiary/aromatic N) is 3. The number of rotatable bonds is 4. The van der Waals surface area contributed by atoms with Gasteiger partial charge < -0.3 is 15.0 Å². The van der Waals surface area contributed by atoms with E-state index in [4.69, 9.17) is 16.3 Å². The number of anilines is 3. The number of carbonyl (C=O) groups excluding carboxylic acids is 1. The van der Waals surface area contributed by atoms with Crippen molar-refractivity contribution in [3.05, 3.63) is 71.0 Å². The van der Waals surface area contributed by atoms with Crippen LogP contribution in [0.15, 0.2) is 54.9 Å². The molecule has 0 aliphatic carbocycles. The summed E-state index contributed by atoms with van der Waals surface area (Å²) in [5, 5.41) is 3.29. The molecule has 3 aromatic rings. The summed E-state index contributed by atoms with van der Waals surface area (Å²) in [6.45, 7) is 2.13. The van der Waals surface area contributed by atoms with Crippen LogP contribution < -0.4 is 15.0 Å². The zero-order chi connectivity index (χ0) is 19.7. The van der Waals surface area contributed by atoms with Crippen LogP contribution in [0.25, 0.3) is 0 Å². The third-order valence-electron chi connectivity index (χ3n) is 4.73. The van der Waals surface area contributed by atoms with Crippen molar-refractivity contribution in [1.29, 1.82) is 0 Å². The zero-order valence-corrected chi connectivity index (χ0v) is 16.3. The van der Waals surface area contributed by atoms with E-state index in [1.54, 1.807) is 18.2 Å². The number of amides is 1. The van der Waals surface area contributed by atoms with E-state index in [1.807, 2.05) is 12.1 Å². The molecule has 6 nitrogen and oxygen atoms in total. The maximum atomic E-state index is 12.6. The van der Waals surface area contributed by atoms with Gasteiger partial charge >= 0.3 is 0 Å². The van der Waals surface area contributed by atoms with Gasteiger partial charge in [0.2, 0.25) is 5.95 Å². The van der Waals surface area contributed by atoms with Crippen LogP contribution in [-0.2, 0) is 6.42 Å². The Morgan fingerprint density at radius 3 is 2.71 bits per heavy atom. The molecule has 0 saturated carbocycles. The predicted molar refractivity (Wildman–Crippen MR) is 110 cm³/mol. The summed E-state index contributed by atoms with van der Waals surface area (Å²) in [4.78, 5) is 23.5. The lowest BCUT2D eigenvalue weighted by molar-refractivity contribution is 0.102. The molecule has 2 heterocycles. The lowest BCUT2D eigenvalue weighted by Gasteiger charge is -2.22. The Hall–Kier alpha value is -3.12. The summed E-state index contributed by atoms with van der Waals surface area (Å²) in [5.74, 6) is 0.772. The molecule has 28 heavy (non-hydrogen) atoms. The van der Waals surface area contributed by atoms with Crippen LogP contribution in [0.2, 0.25) is 5.02 Å². The molecule has 1 aromatic heterocycles. The van der Waals surface area contributed by atoms with E-state index in [-0.39, 0.29) is 11.9 Å². The molecular formula is C21H19ClN4O2. The Balaban J connectivity index is 1.56. The number of para-hydroxylation sites is 1. The molecule has 4 rings (SSSR count). The monoisotopic (exact) mass is 394 g/mol. The van der Waals surface area contributed by atoms with Gasteiger partial charge in [0.25, 0.3) is 5.91 Å². The molecule has 1 aliphatic rings. The van der Waals surface area contributed by atoms with Crippen molar-refractivity contribution in [3.8, 4) is 5.75 Å². The summed E-state index contributed by atoms with van der Waals surface area (Å²) in [6, 6.07) is 13.5.